The molecular weight excluding hydrogens is 258 g/mol. The Morgan fingerprint density at radius 3 is 2.70 bits per heavy atom. The zero-order chi connectivity index (χ0) is 14.5. The highest BCUT2D eigenvalue weighted by molar-refractivity contribution is 5.94. The third-order valence-electron chi connectivity index (χ3n) is 3.47. The van der Waals surface area contributed by atoms with E-state index in [-0.39, 0.29) is 19.1 Å². The van der Waals surface area contributed by atoms with E-state index in [1.807, 2.05) is 6.07 Å². The summed E-state index contributed by atoms with van der Waals surface area (Å²) in [6.45, 7) is 2.65. The van der Waals surface area contributed by atoms with Gasteiger partial charge >= 0.3 is 5.97 Å². The van der Waals surface area contributed by atoms with Gasteiger partial charge in [0, 0.05) is 18.7 Å². The molecule has 1 amide bonds. The highest BCUT2D eigenvalue weighted by Gasteiger charge is 2.36. The topological polar surface area (TPSA) is 66.8 Å². The summed E-state index contributed by atoms with van der Waals surface area (Å²) in [5.74, 6) is -1.21. The van der Waals surface area contributed by atoms with Gasteiger partial charge in [-0.15, -0.1) is 0 Å². The lowest BCUT2D eigenvalue weighted by atomic mass is 9.94. The molecule has 1 heterocycles. The second-order valence-electron chi connectivity index (χ2n) is 4.83. The van der Waals surface area contributed by atoms with Crippen LogP contribution < -0.4 is 0 Å². The highest BCUT2D eigenvalue weighted by Crippen LogP contribution is 2.20. The molecule has 0 saturated carbocycles. The van der Waals surface area contributed by atoms with Gasteiger partial charge < -0.3 is 14.7 Å². The van der Waals surface area contributed by atoms with Crippen LogP contribution in [0, 0.1) is 5.92 Å². The number of hydrogen-bond acceptors (Lipinski definition) is 4. The molecule has 1 fully saturated rings. The molecule has 0 spiro atoms. The minimum Gasteiger partial charge on any atom is -0.466 e. The lowest BCUT2D eigenvalue weighted by Crippen LogP contribution is -2.49. The number of amides is 1. The summed E-state index contributed by atoms with van der Waals surface area (Å²) in [7, 11) is 0. The van der Waals surface area contributed by atoms with E-state index in [1.54, 1.807) is 36.1 Å². The van der Waals surface area contributed by atoms with Crippen LogP contribution in [0.15, 0.2) is 30.3 Å². The molecule has 0 unspecified atom stereocenters. The van der Waals surface area contributed by atoms with Gasteiger partial charge in [0.15, 0.2) is 0 Å². The van der Waals surface area contributed by atoms with Gasteiger partial charge in [-0.25, -0.2) is 0 Å². The number of piperidine rings is 1. The molecule has 2 rings (SSSR count). The van der Waals surface area contributed by atoms with Gasteiger partial charge in [0.25, 0.3) is 5.91 Å². The Morgan fingerprint density at radius 1 is 1.35 bits per heavy atom. The average Bonchev–Trinajstić information content (AvgIpc) is 2.48. The SMILES string of the molecule is CCOC(=O)[C@@H]1CN(C(=O)c2ccccc2)CC[C@H]1O. The van der Waals surface area contributed by atoms with E-state index >= 15 is 0 Å². The van der Waals surface area contributed by atoms with E-state index in [1.165, 1.54) is 0 Å². The van der Waals surface area contributed by atoms with E-state index in [4.69, 9.17) is 4.74 Å². The molecule has 0 aromatic heterocycles. The van der Waals surface area contributed by atoms with E-state index < -0.39 is 18.0 Å². The number of rotatable bonds is 3. The van der Waals surface area contributed by atoms with Gasteiger partial charge in [-0.05, 0) is 25.5 Å². The first-order chi connectivity index (χ1) is 9.63. The third-order valence-corrected chi connectivity index (χ3v) is 3.47. The summed E-state index contributed by atoms with van der Waals surface area (Å²) < 4.78 is 4.95. The Kier molecular flexibility index (Phi) is 4.74. The minimum atomic E-state index is -0.742. The Labute approximate surface area is 118 Å². The second-order valence-corrected chi connectivity index (χ2v) is 4.83. The van der Waals surface area contributed by atoms with Gasteiger partial charge in [-0.1, -0.05) is 18.2 Å². The minimum absolute atomic E-state index is 0.119. The van der Waals surface area contributed by atoms with Crippen molar-refractivity contribution in [3.63, 3.8) is 0 Å². The van der Waals surface area contributed by atoms with E-state index in [0.29, 0.717) is 18.5 Å². The molecule has 20 heavy (non-hydrogen) atoms. The fourth-order valence-corrected chi connectivity index (χ4v) is 2.37. The molecule has 1 N–H and O–H groups in total. The molecule has 1 aromatic carbocycles. The number of benzene rings is 1. The summed E-state index contributed by atoms with van der Waals surface area (Å²) in [5, 5.41) is 9.90. The Hall–Kier alpha value is -1.88. The maximum Gasteiger partial charge on any atom is 0.313 e. The molecule has 1 aliphatic heterocycles. The Bertz CT molecular complexity index is 474. The lowest BCUT2D eigenvalue weighted by molar-refractivity contribution is -0.154. The van der Waals surface area contributed by atoms with Gasteiger partial charge in [0.05, 0.1) is 12.7 Å². The zero-order valence-electron chi connectivity index (χ0n) is 11.5. The molecule has 1 saturated heterocycles. The predicted octanol–water partition coefficient (Wildman–Crippen LogP) is 1.07. The van der Waals surface area contributed by atoms with Crippen LogP contribution in [0.5, 0.6) is 0 Å². The molecule has 0 radical (unpaired) electrons. The molecule has 1 aliphatic rings. The van der Waals surface area contributed by atoms with Crippen LogP contribution in [0.2, 0.25) is 0 Å². The van der Waals surface area contributed by atoms with Gasteiger partial charge in [0.2, 0.25) is 0 Å². The number of esters is 1. The molecule has 2 atom stereocenters. The van der Waals surface area contributed by atoms with E-state index in [0.717, 1.165) is 0 Å². The van der Waals surface area contributed by atoms with Crippen molar-refractivity contribution in [2.45, 2.75) is 19.4 Å². The first-order valence-corrected chi connectivity index (χ1v) is 6.82. The van der Waals surface area contributed by atoms with Crippen molar-refractivity contribution in [2.24, 2.45) is 5.92 Å². The van der Waals surface area contributed by atoms with E-state index in [2.05, 4.69) is 0 Å². The molecule has 108 valence electrons. The van der Waals surface area contributed by atoms with Crippen molar-refractivity contribution in [2.75, 3.05) is 19.7 Å². The van der Waals surface area contributed by atoms with Gasteiger partial charge in [0.1, 0.15) is 5.92 Å². The number of hydrogen-bond donors (Lipinski definition) is 1. The quantitative estimate of drug-likeness (QED) is 0.839. The summed E-state index contributed by atoms with van der Waals surface area (Å²) in [5.41, 5.74) is 0.589. The van der Waals surface area contributed by atoms with Crippen LogP contribution in [0.25, 0.3) is 0 Å². The van der Waals surface area contributed by atoms with Crippen LogP contribution in [0.3, 0.4) is 0 Å². The van der Waals surface area contributed by atoms with Crippen molar-refractivity contribution < 1.29 is 19.4 Å². The fraction of sp³-hybridized carbons (Fsp3) is 0.467. The molecule has 5 nitrogen and oxygen atoms in total. The van der Waals surface area contributed by atoms with Gasteiger partial charge in [-0.3, -0.25) is 9.59 Å². The number of ether oxygens (including phenoxy) is 1. The Morgan fingerprint density at radius 2 is 2.05 bits per heavy atom. The van der Waals surface area contributed by atoms with Crippen molar-refractivity contribution in [3.05, 3.63) is 35.9 Å². The lowest BCUT2D eigenvalue weighted by Gasteiger charge is -2.34. The van der Waals surface area contributed by atoms with Crippen molar-refractivity contribution in [1.29, 1.82) is 0 Å². The monoisotopic (exact) mass is 277 g/mol. The van der Waals surface area contributed by atoms with Crippen molar-refractivity contribution in [3.8, 4) is 0 Å². The maximum atomic E-state index is 12.3. The summed E-state index contributed by atoms with van der Waals surface area (Å²) in [4.78, 5) is 25.7. The zero-order valence-corrected chi connectivity index (χ0v) is 11.5. The van der Waals surface area contributed by atoms with Crippen LogP contribution in [0.4, 0.5) is 0 Å². The average molecular weight is 277 g/mol. The molecule has 0 aliphatic carbocycles. The van der Waals surface area contributed by atoms with Crippen LogP contribution in [-0.2, 0) is 9.53 Å². The second kappa shape index (κ2) is 6.52. The van der Waals surface area contributed by atoms with E-state index in [9.17, 15) is 14.7 Å². The number of carbonyl (C=O) groups is 2. The predicted molar refractivity (Wildman–Crippen MR) is 73.1 cm³/mol. The number of aliphatic hydroxyl groups is 1. The van der Waals surface area contributed by atoms with Gasteiger partial charge in [-0.2, -0.15) is 0 Å². The number of carbonyl (C=O) groups excluding carboxylic acids is 2. The van der Waals surface area contributed by atoms with Crippen molar-refractivity contribution >= 4 is 11.9 Å². The standard InChI is InChI=1S/C15H19NO4/c1-2-20-15(19)12-10-16(9-8-13(12)17)14(18)11-6-4-3-5-7-11/h3-7,12-13,17H,2,8-10H2,1H3/t12-,13-/m1/s1. The molecular formula is C15H19NO4. The normalized spacial score (nSPS) is 22.4. The number of nitrogens with zero attached hydrogens (tertiary/aromatic N) is 1. The summed E-state index contributed by atoms with van der Waals surface area (Å²) >= 11 is 0. The first kappa shape index (κ1) is 14.5. The molecule has 0 bridgehead atoms. The van der Waals surface area contributed by atoms with Crippen LogP contribution in [-0.4, -0.2) is 47.7 Å². The number of likely N-dealkylation sites (tertiary alicyclic amines) is 1. The Balaban J connectivity index is 2.07. The third kappa shape index (κ3) is 3.17. The largest absolute Gasteiger partial charge is 0.466 e. The van der Waals surface area contributed by atoms with Crippen LogP contribution in [0.1, 0.15) is 23.7 Å². The van der Waals surface area contributed by atoms with Crippen LogP contribution >= 0.6 is 0 Å². The summed E-state index contributed by atoms with van der Waals surface area (Å²) in [6.07, 6.45) is -0.351. The smallest absolute Gasteiger partial charge is 0.313 e. The maximum absolute atomic E-state index is 12.3. The highest BCUT2D eigenvalue weighted by atomic mass is 16.5. The summed E-state index contributed by atoms with van der Waals surface area (Å²) in [6, 6.07) is 8.93. The molecule has 1 aromatic rings. The number of aliphatic hydroxyl groups excluding tert-OH is 1. The van der Waals surface area contributed by atoms with Crippen molar-refractivity contribution in [1.82, 2.24) is 4.90 Å². The first-order valence-electron chi connectivity index (χ1n) is 6.82. The fourth-order valence-electron chi connectivity index (χ4n) is 2.37. The molecule has 5 heteroatoms.